The highest BCUT2D eigenvalue weighted by atomic mass is 35.5. The summed E-state index contributed by atoms with van der Waals surface area (Å²) in [6.45, 7) is 0. The Morgan fingerprint density at radius 2 is 1.89 bits per heavy atom. The first-order chi connectivity index (χ1) is 13.0. The normalized spacial score (nSPS) is 11.3. The van der Waals surface area contributed by atoms with Gasteiger partial charge < -0.3 is 19.6 Å². The molecule has 136 valence electrons. The van der Waals surface area contributed by atoms with Gasteiger partial charge in [-0.25, -0.2) is 0 Å². The third-order valence-electron chi connectivity index (χ3n) is 4.07. The van der Waals surface area contributed by atoms with Gasteiger partial charge in [0.15, 0.2) is 11.5 Å². The number of nitrogens with one attached hydrogen (secondary N) is 1. The molecule has 7 heteroatoms. The number of nitrogens with zero attached hydrogens (tertiary/aromatic N) is 1. The number of methoxy groups -OCH3 is 2. The number of nitriles is 1. The van der Waals surface area contributed by atoms with Crippen molar-refractivity contribution in [1.82, 2.24) is 4.98 Å². The van der Waals surface area contributed by atoms with Crippen molar-refractivity contribution in [2.24, 2.45) is 0 Å². The second-order valence-electron chi connectivity index (χ2n) is 5.67. The first kappa shape index (κ1) is 18.4. The summed E-state index contributed by atoms with van der Waals surface area (Å²) in [7, 11) is 2.80. The Labute approximate surface area is 160 Å². The number of H-pyrrole nitrogens is 1. The van der Waals surface area contributed by atoms with E-state index in [2.05, 4.69) is 4.98 Å². The number of fused-ring (bicyclic) bond motifs is 1. The molecule has 0 saturated carbocycles. The van der Waals surface area contributed by atoms with Crippen molar-refractivity contribution in [1.29, 1.82) is 5.26 Å². The van der Waals surface area contributed by atoms with Crippen LogP contribution in [0.2, 0.25) is 5.02 Å². The summed E-state index contributed by atoms with van der Waals surface area (Å²) in [4.78, 5) is 15.8. The largest absolute Gasteiger partial charge is 0.502 e. The lowest BCUT2D eigenvalue weighted by Crippen LogP contribution is -2.01. The lowest BCUT2D eigenvalue weighted by atomic mass is 10.0. The number of hydrogen-bond acceptors (Lipinski definition) is 5. The number of aromatic amines is 1. The number of aromatic nitrogens is 1. The summed E-state index contributed by atoms with van der Waals surface area (Å²) in [6, 6.07) is 10.1. The third kappa shape index (κ3) is 3.46. The Bertz CT molecular complexity index is 1080. The van der Waals surface area contributed by atoms with Crippen molar-refractivity contribution in [3.05, 3.63) is 58.3 Å². The minimum Gasteiger partial charge on any atom is -0.502 e. The monoisotopic (exact) mass is 382 g/mol. The van der Waals surface area contributed by atoms with Crippen LogP contribution in [0.15, 0.2) is 42.1 Å². The molecule has 3 rings (SSSR count). The molecule has 0 radical (unpaired) electrons. The zero-order valence-corrected chi connectivity index (χ0v) is 15.3. The molecule has 27 heavy (non-hydrogen) atoms. The fourth-order valence-corrected chi connectivity index (χ4v) is 2.92. The predicted octanol–water partition coefficient (Wildman–Crippen LogP) is 4.33. The van der Waals surface area contributed by atoms with E-state index in [4.69, 9.17) is 21.1 Å². The molecule has 0 fully saturated rings. The third-order valence-corrected chi connectivity index (χ3v) is 4.30. The number of rotatable bonds is 5. The van der Waals surface area contributed by atoms with Crippen LogP contribution >= 0.6 is 11.6 Å². The highest BCUT2D eigenvalue weighted by Gasteiger charge is 2.18. The number of carbonyl (C=O) groups excluding carboxylic acids is 1. The van der Waals surface area contributed by atoms with Crippen LogP contribution in [0, 0.1) is 11.3 Å². The highest BCUT2D eigenvalue weighted by molar-refractivity contribution is 6.31. The van der Waals surface area contributed by atoms with E-state index in [-0.39, 0.29) is 22.8 Å². The average Bonchev–Trinajstić information content (AvgIpc) is 3.09. The van der Waals surface area contributed by atoms with E-state index in [0.29, 0.717) is 27.1 Å². The van der Waals surface area contributed by atoms with Crippen LogP contribution in [-0.4, -0.2) is 30.1 Å². The minimum atomic E-state index is -0.433. The summed E-state index contributed by atoms with van der Waals surface area (Å²) in [5, 5.41) is 20.7. The van der Waals surface area contributed by atoms with Crippen LogP contribution in [0.4, 0.5) is 0 Å². The molecule has 0 atom stereocenters. The predicted molar refractivity (Wildman–Crippen MR) is 102 cm³/mol. The summed E-state index contributed by atoms with van der Waals surface area (Å²) in [5.41, 5.74) is 1.48. The molecular formula is C20H15ClN2O4. The van der Waals surface area contributed by atoms with Crippen LogP contribution in [0.25, 0.3) is 17.0 Å². The first-order valence-electron chi connectivity index (χ1n) is 7.86. The lowest BCUT2D eigenvalue weighted by molar-refractivity contribution is 0.104. The van der Waals surface area contributed by atoms with Crippen molar-refractivity contribution in [2.75, 3.05) is 14.2 Å². The van der Waals surface area contributed by atoms with Gasteiger partial charge in [-0.2, -0.15) is 5.26 Å². The molecule has 0 aliphatic heterocycles. The Hall–Kier alpha value is -3.43. The van der Waals surface area contributed by atoms with Gasteiger partial charge in [0.25, 0.3) is 0 Å². The van der Waals surface area contributed by atoms with Gasteiger partial charge in [-0.05, 0) is 35.9 Å². The van der Waals surface area contributed by atoms with Crippen LogP contribution < -0.4 is 9.47 Å². The molecule has 0 unspecified atom stereocenters. The fourth-order valence-electron chi connectivity index (χ4n) is 2.74. The van der Waals surface area contributed by atoms with Gasteiger partial charge in [-0.15, -0.1) is 0 Å². The second-order valence-corrected chi connectivity index (χ2v) is 6.10. The van der Waals surface area contributed by atoms with Crippen molar-refractivity contribution in [3.63, 3.8) is 0 Å². The number of ketones is 1. The van der Waals surface area contributed by atoms with Crippen LogP contribution in [0.3, 0.4) is 0 Å². The number of halogens is 1. The van der Waals surface area contributed by atoms with Crippen LogP contribution in [0.5, 0.6) is 17.2 Å². The maximum absolute atomic E-state index is 12.9. The Morgan fingerprint density at radius 1 is 1.22 bits per heavy atom. The number of phenols is 1. The Kier molecular flexibility index (Phi) is 5.06. The molecule has 0 aliphatic rings. The van der Waals surface area contributed by atoms with E-state index in [1.165, 1.54) is 32.4 Å². The standard InChI is InChI=1S/C20H15ClN2O4/c1-26-17-6-11(7-18(27-2)20(17)25)5-12(9-22)19(24)15-10-23-16-8-13(21)3-4-14(15)16/h3-8,10,23,25H,1-2H3/b12-5+. The van der Waals surface area contributed by atoms with E-state index in [9.17, 15) is 15.2 Å². The van der Waals surface area contributed by atoms with Crippen molar-refractivity contribution < 1.29 is 19.4 Å². The molecule has 0 spiro atoms. The van der Waals surface area contributed by atoms with Gasteiger partial charge in [-0.3, -0.25) is 4.79 Å². The maximum Gasteiger partial charge on any atom is 0.205 e. The van der Waals surface area contributed by atoms with Gasteiger partial charge in [0.2, 0.25) is 11.5 Å². The highest BCUT2D eigenvalue weighted by Crippen LogP contribution is 2.37. The molecular weight excluding hydrogens is 368 g/mol. The number of Topliss-reactive ketones (excluding diaryl/α,β-unsaturated/α-hetero) is 1. The van der Waals surface area contributed by atoms with Crippen molar-refractivity contribution in [2.45, 2.75) is 0 Å². The summed E-state index contributed by atoms with van der Waals surface area (Å²) >= 11 is 5.96. The molecule has 1 aromatic heterocycles. The maximum atomic E-state index is 12.9. The van der Waals surface area contributed by atoms with Crippen molar-refractivity contribution >= 4 is 34.4 Å². The van der Waals surface area contributed by atoms with Crippen LogP contribution in [0.1, 0.15) is 15.9 Å². The molecule has 0 bridgehead atoms. The number of ether oxygens (including phenoxy) is 2. The first-order valence-corrected chi connectivity index (χ1v) is 8.24. The molecule has 2 aromatic carbocycles. The van der Waals surface area contributed by atoms with Gasteiger partial charge in [0.05, 0.1) is 14.2 Å². The number of allylic oxidation sites excluding steroid dienone is 1. The fraction of sp³-hybridized carbons (Fsp3) is 0.100. The Balaban J connectivity index is 2.06. The summed E-state index contributed by atoms with van der Waals surface area (Å²) < 4.78 is 10.2. The number of phenolic OH excluding ortho intramolecular Hbond substituents is 1. The Morgan fingerprint density at radius 3 is 2.48 bits per heavy atom. The molecule has 1 heterocycles. The lowest BCUT2D eigenvalue weighted by Gasteiger charge is -2.09. The second kappa shape index (κ2) is 7.44. The van der Waals surface area contributed by atoms with E-state index in [1.807, 2.05) is 6.07 Å². The summed E-state index contributed by atoms with van der Waals surface area (Å²) in [5.74, 6) is -0.244. The van der Waals surface area contributed by atoms with Gasteiger partial charge in [0.1, 0.15) is 11.6 Å². The molecule has 0 aliphatic carbocycles. The smallest absolute Gasteiger partial charge is 0.205 e. The van der Waals surface area contributed by atoms with Crippen molar-refractivity contribution in [3.8, 4) is 23.3 Å². The van der Waals surface area contributed by atoms with E-state index >= 15 is 0 Å². The van der Waals surface area contributed by atoms with Crippen LogP contribution in [-0.2, 0) is 0 Å². The topological polar surface area (TPSA) is 95.3 Å². The minimum absolute atomic E-state index is 0.0688. The quantitative estimate of drug-likeness (QED) is 0.389. The SMILES string of the molecule is COc1cc(/C=C(\C#N)C(=O)c2c[nH]c3cc(Cl)ccc23)cc(OC)c1O. The number of hydrogen-bond donors (Lipinski definition) is 2. The molecule has 0 saturated heterocycles. The number of aromatic hydroxyl groups is 1. The number of carbonyl (C=O) groups is 1. The van der Waals surface area contributed by atoms with E-state index in [1.54, 1.807) is 24.4 Å². The average molecular weight is 383 g/mol. The molecule has 0 amide bonds. The van der Waals surface area contributed by atoms with Gasteiger partial charge in [-0.1, -0.05) is 17.7 Å². The zero-order chi connectivity index (χ0) is 19.6. The van der Waals surface area contributed by atoms with Gasteiger partial charge in [0, 0.05) is 27.7 Å². The molecule has 2 N–H and O–H groups in total. The summed E-state index contributed by atoms with van der Waals surface area (Å²) in [6.07, 6.45) is 2.97. The molecule has 3 aromatic rings. The van der Waals surface area contributed by atoms with E-state index < -0.39 is 5.78 Å². The number of benzene rings is 2. The zero-order valence-electron chi connectivity index (χ0n) is 14.5. The van der Waals surface area contributed by atoms with Gasteiger partial charge >= 0.3 is 0 Å². The van der Waals surface area contributed by atoms with E-state index in [0.717, 1.165) is 0 Å². The molecule has 6 nitrogen and oxygen atoms in total.